The smallest absolute Gasteiger partial charge is 0.227 e. The van der Waals surface area contributed by atoms with Crippen LogP contribution in [0.4, 0.5) is 5.69 Å². The van der Waals surface area contributed by atoms with Crippen LogP contribution in [-0.4, -0.2) is 21.3 Å². The number of aromatic nitrogens is 3. The zero-order valence-electron chi connectivity index (χ0n) is 9.18. The van der Waals surface area contributed by atoms with Crippen LogP contribution in [-0.2, 0) is 4.79 Å². The van der Waals surface area contributed by atoms with E-state index in [0.29, 0.717) is 0 Å². The van der Waals surface area contributed by atoms with Crippen molar-refractivity contribution >= 4 is 11.6 Å². The zero-order valence-corrected chi connectivity index (χ0v) is 9.18. The number of H-pyrrole nitrogens is 1. The van der Waals surface area contributed by atoms with Crippen molar-refractivity contribution in [2.75, 3.05) is 5.32 Å². The minimum absolute atomic E-state index is 0.113. The first-order chi connectivity index (χ1) is 8.33. The number of nitrogens with one attached hydrogen (secondary N) is 2. The van der Waals surface area contributed by atoms with E-state index < -0.39 is 0 Å². The molecule has 1 aromatic carbocycles. The first kappa shape index (κ1) is 10.0. The second kappa shape index (κ2) is 4.01. The van der Waals surface area contributed by atoms with E-state index in [-0.39, 0.29) is 11.8 Å². The Bertz CT molecular complexity index is 531. The van der Waals surface area contributed by atoms with Crippen molar-refractivity contribution in [2.45, 2.75) is 12.8 Å². The fourth-order valence-corrected chi connectivity index (χ4v) is 1.69. The predicted octanol–water partition coefficient (Wildman–Crippen LogP) is 1.82. The van der Waals surface area contributed by atoms with Crippen molar-refractivity contribution < 1.29 is 4.79 Å². The largest absolute Gasteiger partial charge is 0.326 e. The van der Waals surface area contributed by atoms with Gasteiger partial charge in [0.2, 0.25) is 5.91 Å². The molecule has 0 radical (unpaired) electrons. The maximum absolute atomic E-state index is 11.6. The van der Waals surface area contributed by atoms with Crippen LogP contribution >= 0.6 is 0 Å². The SMILES string of the molecule is O=C(Nc1cccc(-c2cn[nH]n2)c1)C1CC1. The second-order valence-electron chi connectivity index (χ2n) is 4.20. The molecule has 1 aliphatic rings. The highest BCUT2D eigenvalue weighted by molar-refractivity contribution is 5.94. The first-order valence-corrected chi connectivity index (χ1v) is 5.60. The molecule has 0 atom stereocenters. The summed E-state index contributed by atoms with van der Waals surface area (Å²) < 4.78 is 0. The normalized spacial score (nSPS) is 14.6. The molecule has 1 aliphatic carbocycles. The van der Waals surface area contributed by atoms with Crippen LogP contribution < -0.4 is 5.32 Å². The number of aromatic amines is 1. The number of hydrogen-bond acceptors (Lipinski definition) is 3. The van der Waals surface area contributed by atoms with E-state index in [1.54, 1.807) is 6.20 Å². The lowest BCUT2D eigenvalue weighted by Gasteiger charge is -2.05. The van der Waals surface area contributed by atoms with Gasteiger partial charge in [-0.25, -0.2) is 0 Å². The molecular formula is C12H12N4O. The van der Waals surface area contributed by atoms with Gasteiger partial charge in [0.05, 0.1) is 6.20 Å². The molecule has 2 N–H and O–H groups in total. The lowest BCUT2D eigenvalue weighted by atomic mass is 10.1. The first-order valence-electron chi connectivity index (χ1n) is 5.60. The molecule has 0 spiro atoms. The molecule has 0 unspecified atom stereocenters. The van der Waals surface area contributed by atoms with Gasteiger partial charge in [-0.1, -0.05) is 12.1 Å². The van der Waals surface area contributed by atoms with Crippen molar-refractivity contribution in [1.82, 2.24) is 15.4 Å². The van der Waals surface area contributed by atoms with E-state index in [0.717, 1.165) is 29.8 Å². The summed E-state index contributed by atoms with van der Waals surface area (Å²) in [6.45, 7) is 0. The van der Waals surface area contributed by atoms with Crippen LogP contribution in [0.1, 0.15) is 12.8 Å². The summed E-state index contributed by atoms with van der Waals surface area (Å²) in [5.41, 5.74) is 2.52. The topological polar surface area (TPSA) is 70.7 Å². The summed E-state index contributed by atoms with van der Waals surface area (Å²) in [7, 11) is 0. The van der Waals surface area contributed by atoms with Crippen molar-refractivity contribution in [3.8, 4) is 11.3 Å². The fraction of sp³-hybridized carbons (Fsp3) is 0.250. The van der Waals surface area contributed by atoms with E-state index in [1.165, 1.54) is 0 Å². The molecule has 1 heterocycles. The number of amides is 1. The molecule has 0 bridgehead atoms. The van der Waals surface area contributed by atoms with Crippen LogP contribution in [0, 0.1) is 5.92 Å². The third kappa shape index (κ3) is 2.18. The minimum atomic E-state index is 0.113. The average Bonchev–Trinajstić information content (AvgIpc) is 3.05. The van der Waals surface area contributed by atoms with E-state index >= 15 is 0 Å². The lowest BCUT2D eigenvalue weighted by Crippen LogP contribution is -2.13. The number of hydrogen-bond donors (Lipinski definition) is 2. The van der Waals surface area contributed by atoms with Gasteiger partial charge in [0.25, 0.3) is 0 Å². The van der Waals surface area contributed by atoms with Gasteiger partial charge < -0.3 is 5.32 Å². The zero-order chi connectivity index (χ0) is 11.7. The Hall–Kier alpha value is -2.17. The highest BCUT2D eigenvalue weighted by Gasteiger charge is 2.29. The molecule has 5 heteroatoms. The molecule has 3 rings (SSSR count). The second-order valence-corrected chi connectivity index (χ2v) is 4.20. The summed E-state index contributed by atoms with van der Waals surface area (Å²) in [6.07, 6.45) is 3.67. The highest BCUT2D eigenvalue weighted by Crippen LogP contribution is 2.30. The molecule has 0 saturated heterocycles. The summed E-state index contributed by atoms with van der Waals surface area (Å²) in [4.78, 5) is 11.6. The maximum atomic E-state index is 11.6. The Morgan fingerprint density at radius 3 is 3.00 bits per heavy atom. The Kier molecular flexibility index (Phi) is 2.36. The third-order valence-electron chi connectivity index (χ3n) is 2.79. The summed E-state index contributed by atoms with van der Waals surface area (Å²) in [6, 6.07) is 7.61. The third-order valence-corrected chi connectivity index (χ3v) is 2.79. The Balaban J connectivity index is 1.81. The van der Waals surface area contributed by atoms with Crippen molar-refractivity contribution in [2.24, 2.45) is 5.92 Å². The molecule has 0 aliphatic heterocycles. The standard InChI is InChI=1S/C12H12N4O/c17-12(8-4-5-8)14-10-3-1-2-9(6-10)11-7-13-16-15-11/h1-3,6-8H,4-5H2,(H,14,17)(H,13,15,16). The number of rotatable bonds is 3. The monoisotopic (exact) mass is 228 g/mol. The number of anilines is 1. The number of nitrogens with zero attached hydrogens (tertiary/aromatic N) is 2. The quantitative estimate of drug-likeness (QED) is 0.841. The van der Waals surface area contributed by atoms with Gasteiger partial charge in [-0.3, -0.25) is 4.79 Å². The van der Waals surface area contributed by atoms with Gasteiger partial charge >= 0.3 is 0 Å². The van der Waals surface area contributed by atoms with E-state index in [1.807, 2.05) is 24.3 Å². The lowest BCUT2D eigenvalue weighted by molar-refractivity contribution is -0.117. The molecule has 2 aromatic rings. The molecule has 5 nitrogen and oxygen atoms in total. The molecule has 1 amide bonds. The van der Waals surface area contributed by atoms with Crippen LogP contribution in [0.15, 0.2) is 30.5 Å². The molecule has 1 fully saturated rings. The van der Waals surface area contributed by atoms with Crippen molar-refractivity contribution in [3.63, 3.8) is 0 Å². The highest BCUT2D eigenvalue weighted by atomic mass is 16.2. The molecule has 1 saturated carbocycles. The summed E-state index contributed by atoms with van der Waals surface area (Å²) in [5.74, 6) is 0.327. The minimum Gasteiger partial charge on any atom is -0.326 e. The average molecular weight is 228 g/mol. The molecule has 86 valence electrons. The molecule has 17 heavy (non-hydrogen) atoms. The van der Waals surface area contributed by atoms with Crippen molar-refractivity contribution in [3.05, 3.63) is 30.5 Å². The summed E-state index contributed by atoms with van der Waals surface area (Å²) in [5, 5.41) is 13.2. The number of benzene rings is 1. The van der Waals surface area contributed by atoms with E-state index in [2.05, 4.69) is 20.7 Å². The van der Waals surface area contributed by atoms with Crippen LogP contribution in [0.3, 0.4) is 0 Å². The van der Waals surface area contributed by atoms with Gasteiger partial charge in [-0.05, 0) is 25.0 Å². The van der Waals surface area contributed by atoms with Gasteiger partial charge in [0.15, 0.2) is 0 Å². The Morgan fingerprint density at radius 1 is 1.41 bits per heavy atom. The van der Waals surface area contributed by atoms with E-state index in [9.17, 15) is 4.79 Å². The van der Waals surface area contributed by atoms with Crippen molar-refractivity contribution in [1.29, 1.82) is 0 Å². The van der Waals surface area contributed by atoms with Gasteiger partial charge in [-0.15, -0.1) is 0 Å². The van der Waals surface area contributed by atoms with E-state index in [4.69, 9.17) is 0 Å². The van der Waals surface area contributed by atoms with Crippen LogP contribution in [0.5, 0.6) is 0 Å². The van der Waals surface area contributed by atoms with Gasteiger partial charge in [0, 0.05) is 17.2 Å². The number of carbonyl (C=O) groups excluding carboxylic acids is 1. The predicted molar refractivity (Wildman–Crippen MR) is 63.2 cm³/mol. The Labute approximate surface area is 98.2 Å². The molecule has 1 aromatic heterocycles. The van der Waals surface area contributed by atoms with Crippen LogP contribution in [0.25, 0.3) is 11.3 Å². The fourth-order valence-electron chi connectivity index (χ4n) is 1.69. The molecular weight excluding hydrogens is 216 g/mol. The number of carbonyl (C=O) groups is 1. The maximum Gasteiger partial charge on any atom is 0.227 e. The van der Waals surface area contributed by atoms with Gasteiger partial charge in [-0.2, -0.15) is 15.4 Å². The van der Waals surface area contributed by atoms with Crippen LogP contribution in [0.2, 0.25) is 0 Å². The summed E-state index contributed by atoms with van der Waals surface area (Å²) >= 11 is 0. The Morgan fingerprint density at radius 2 is 2.29 bits per heavy atom. The van der Waals surface area contributed by atoms with Gasteiger partial charge in [0.1, 0.15) is 5.69 Å².